The van der Waals surface area contributed by atoms with Crippen molar-refractivity contribution in [1.29, 1.82) is 0 Å². The monoisotopic (exact) mass is 277 g/mol. The first-order valence-corrected chi connectivity index (χ1v) is 7.35. The number of nitrogens with one attached hydrogen (secondary N) is 1. The van der Waals surface area contributed by atoms with Crippen LogP contribution in [0.3, 0.4) is 0 Å². The highest BCUT2D eigenvalue weighted by atomic mass is 16.5. The lowest BCUT2D eigenvalue weighted by Crippen LogP contribution is -2.37. The standard InChI is InChI=1S/C15H23N3O2/c1-3-16-12-7-8-17-14(10-12)15(19)18(4-2)11-13-6-5-9-20-13/h7-8,10,13H,3-6,9,11H2,1-2H3,(H,16,17). The van der Waals surface area contributed by atoms with E-state index in [0.29, 0.717) is 18.8 Å². The predicted molar refractivity (Wildman–Crippen MR) is 79.0 cm³/mol. The van der Waals surface area contributed by atoms with Gasteiger partial charge in [-0.25, -0.2) is 0 Å². The number of amides is 1. The molecule has 0 aromatic carbocycles. The highest BCUT2D eigenvalue weighted by Crippen LogP contribution is 2.15. The average Bonchev–Trinajstić information content (AvgIpc) is 2.98. The van der Waals surface area contributed by atoms with E-state index in [1.165, 1.54) is 0 Å². The molecule has 1 fully saturated rings. The third-order valence-corrected chi connectivity index (χ3v) is 3.48. The lowest BCUT2D eigenvalue weighted by atomic mass is 10.2. The van der Waals surface area contributed by atoms with Gasteiger partial charge in [0.2, 0.25) is 0 Å². The number of hydrogen-bond donors (Lipinski definition) is 1. The van der Waals surface area contributed by atoms with Gasteiger partial charge in [-0.3, -0.25) is 9.78 Å². The average molecular weight is 277 g/mol. The normalized spacial score (nSPS) is 18.0. The summed E-state index contributed by atoms with van der Waals surface area (Å²) in [7, 11) is 0. The summed E-state index contributed by atoms with van der Waals surface area (Å²) in [5.41, 5.74) is 1.42. The minimum atomic E-state index is -0.0252. The number of pyridine rings is 1. The minimum absolute atomic E-state index is 0.0252. The van der Waals surface area contributed by atoms with Gasteiger partial charge in [0.25, 0.3) is 5.91 Å². The molecule has 1 unspecified atom stereocenters. The second-order valence-electron chi connectivity index (χ2n) is 4.94. The fourth-order valence-corrected chi connectivity index (χ4v) is 2.41. The van der Waals surface area contributed by atoms with E-state index in [-0.39, 0.29) is 12.0 Å². The van der Waals surface area contributed by atoms with Gasteiger partial charge in [0.05, 0.1) is 6.10 Å². The van der Waals surface area contributed by atoms with Gasteiger partial charge in [0, 0.05) is 38.1 Å². The summed E-state index contributed by atoms with van der Waals surface area (Å²) in [5, 5.41) is 3.20. The van der Waals surface area contributed by atoms with Gasteiger partial charge in [0.1, 0.15) is 5.69 Å². The molecule has 0 bridgehead atoms. The van der Waals surface area contributed by atoms with E-state index in [1.54, 1.807) is 6.20 Å². The number of anilines is 1. The summed E-state index contributed by atoms with van der Waals surface area (Å²) in [6.07, 6.45) is 3.97. The first kappa shape index (κ1) is 14.8. The maximum absolute atomic E-state index is 12.5. The molecule has 1 aromatic rings. The molecular weight excluding hydrogens is 254 g/mol. The van der Waals surface area contributed by atoms with E-state index in [9.17, 15) is 4.79 Å². The van der Waals surface area contributed by atoms with Crippen LogP contribution in [-0.2, 0) is 4.74 Å². The first-order chi connectivity index (χ1) is 9.74. The molecule has 5 heteroatoms. The molecule has 2 rings (SSSR count). The smallest absolute Gasteiger partial charge is 0.272 e. The Balaban J connectivity index is 2.04. The van der Waals surface area contributed by atoms with Crippen molar-refractivity contribution < 1.29 is 9.53 Å². The van der Waals surface area contributed by atoms with Gasteiger partial charge in [-0.15, -0.1) is 0 Å². The third-order valence-electron chi connectivity index (χ3n) is 3.48. The zero-order valence-electron chi connectivity index (χ0n) is 12.3. The molecule has 1 N–H and O–H groups in total. The van der Waals surface area contributed by atoms with Crippen LogP contribution in [-0.4, -0.2) is 48.1 Å². The molecule has 110 valence electrons. The third kappa shape index (κ3) is 3.70. The molecule has 0 aliphatic carbocycles. The van der Waals surface area contributed by atoms with Crippen molar-refractivity contribution in [2.24, 2.45) is 0 Å². The van der Waals surface area contributed by atoms with Crippen LogP contribution in [0.4, 0.5) is 5.69 Å². The molecule has 1 saturated heterocycles. The molecule has 1 atom stereocenters. The zero-order chi connectivity index (χ0) is 14.4. The number of nitrogens with zero attached hydrogens (tertiary/aromatic N) is 2. The predicted octanol–water partition coefficient (Wildman–Crippen LogP) is 2.15. The Morgan fingerprint density at radius 2 is 2.40 bits per heavy atom. The number of hydrogen-bond acceptors (Lipinski definition) is 4. The van der Waals surface area contributed by atoms with Crippen molar-refractivity contribution in [2.45, 2.75) is 32.8 Å². The van der Waals surface area contributed by atoms with Crippen LogP contribution >= 0.6 is 0 Å². The summed E-state index contributed by atoms with van der Waals surface area (Å²) in [6, 6.07) is 3.68. The van der Waals surface area contributed by atoms with Crippen molar-refractivity contribution in [3.05, 3.63) is 24.0 Å². The van der Waals surface area contributed by atoms with Crippen LogP contribution < -0.4 is 5.32 Å². The molecule has 0 spiro atoms. The van der Waals surface area contributed by atoms with Gasteiger partial charge >= 0.3 is 0 Å². The summed E-state index contributed by atoms with van der Waals surface area (Å²) < 4.78 is 5.61. The second kappa shape index (κ2) is 7.24. The van der Waals surface area contributed by atoms with Crippen molar-refractivity contribution in [2.75, 3.05) is 31.6 Å². The van der Waals surface area contributed by atoms with Crippen LogP contribution in [0.5, 0.6) is 0 Å². The Labute approximate surface area is 120 Å². The Kier molecular flexibility index (Phi) is 5.35. The van der Waals surface area contributed by atoms with Crippen LogP contribution in [0.1, 0.15) is 37.2 Å². The van der Waals surface area contributed by atoms with Gasteiger partial charge < -0.3 is 15.0 Å². The first-order valence-electron chi connectivity index (χ1n) is 7.35. The second-order valence-corrected chi connectivity index (χ2v) is 4.94. The van der Waals surface area contributed by atoms with Gasteiger partial charge in [-0.05, 0) is 38.8 Å². The Bertz CT molecular complexity index is 444. The molecule has 1 aliphatic heterocycles. The molecule has 0 radical (unpaired) electrons. The van der Waals surface area contributed by atoms with Crippen molar-refractivity contribution in [1.82, 2.24) is 9.88 Å². The van der Waals surface area contributed by atoms with E-state index in [0.717, 1.165) is 31.7 Å². The van der Waals surface area contributed by atoms with Crippen LogP contribution in [0.15, 0.2) is 18.3 Å². The van der Waals surface area contributed by atoms with E-state index >= 15 is 0 Å². The van der Waals surface area contributed by atoms with Gasteiger partial charge in [0.15, 0.2) is 0 Å². The lowest BCUT2D eigenvalue weighted by molar-refractivity contribution is 0.0535. The van der Waals surface area contributed by atoms with Gasteiger partial charge in [-0.1, -0.05) is 0 Å². The van der Waals surface area contributed by atoms with E-state index in [1.807, 2.05) is 30.9 Å². The Hall–Kier alpha value is -1.62. The number of aromatic nitrogens is 1. The molecule has 2 heterocycles. The summed E-state index contributed by atoms with van der Waals surface area (Å²) >= 11 is 0. The topological polar surface area (TPSA) is 54.5 Å². The van der Waals surface area contributed by atoms with Crippen molar-refractivity contribution >= 4 is 11.6 Å². The fourth-order valence-electron chi connectivity index (χ4n) is 2.41. The summed E-state index contributed by atoms with van der Waals surface area (Å²) in [6.45, 7) is 6.97. The summed E-state index contributed by atoms with van der Waals surface area (Å²) in [4.78, 5) is 18.5. The van der Waals surface area contributed by atoms with E-state index in [4.69, 9.17) is 4.74 Å². The number of rotatable bonds is 6. The molecule has 20 heavy (non-hydrogen) atoms. The fraction of sp³-hybridized carbons (Fsp3) is 0.600. The molecular formula is C15H23N3O2. The van der Waals surface area contributed by atoms with Crippen molar-refractivity contribution in [3.63, 3.8) is 0 Å². The molecule has 5 nitrogen and oxygen atoms in total. The largest absolute Gasteiger partial charge is 0.385 e. The quantitative estimate of drug-likeness (QED) is 0.865. The van der Waals surface area contributed by atoms with Crippen LogP contribution in [0, 0.1) is 0 Å². The maximum atomic E-state index is 12.5. The maximum Gasteiger partial charge on any atom is 0.272 e. The Morgan fingerprint density at radius 3 is 3.05 bits per heavy atom. The number of carbonyl (C=O) groups excluding carboxylic acids is 1. The molecule has 1 amide bonds. The summed E-state index contributed by atoms with van der Waals surface area (Å²) in [5.74, 6) is -0.0252. The number of carbonyl (C=O) groups is 1. The van der Waals surface area contributed by atoms with Crippen LogP contribution in [0.25, 0.3) is 0 Å². The number of likely N-dealkylation sites (N-methyl/N-ethyl adjacent to an activating group) is 1. The lowest BCUT2D eigenvalue weighted by Gasteiger charge is -2.23. The van der Waals surface area contributed by atoms with Crippen molar-refractivity contribution in [3.8, 4) is 0 Å². The van der Waals surface area contributed by atoms with E-state index < -0.39 is 0 Å². The molecule has 1 aromatic heterocycles. The minimum Gasteiger partial charge on any atom is -0.385 e. The van der Waals surface area contributed by atoms with Gasteiger partial charge in [-0.2, -0.15) is 0 Å². The van der Waals surface area contributed by atoms with Crippen LogP contribution in [0.2, 0.25) is 0 Å². The highest BCUT2D eigenvalue weighted by Gasteiger charge is 2.23. The Morgan fingerprint density at radius 1 is 1.55 bits per heavy atom. The SMILES string of the molecule is CCNc1ccnc(C(=O)N(CC)CC2CCCO2)c1. The molecule has 0 saturated carbocycles. The number of ether oxygens (including phenoxy) is 1. The highest BCUT2D eigenvalue weighted by molar-refractivity contribution is 5.93. The molecule has 1 aliphatic rings. The zero-order valence-corrected chi connectivity index (χ0v) is 12.3. The van der Waals surface area contributed by atoms with E-state index in [2.05, 4.69) is 10.3 Å².